The van der Waals surface area contributed by atoms with Crippen molar-refractivity contribution in [1.29, 1.82) is 0 Å². The number of aryl methyl sites for hydroxylation is 1. The van der Waals surface area contributed by atoms with Crippen LogP contribution >= 0.6 is 11.6 Å². The van der Waals surface area contributed by atoms with Crippen LogP contribution < -0.4 is 0 Å². The summed E-state index contributed by atoms with van der Waals surface area (Å²) in [5.41, 5.74) is 4.28. The monoisotopic (exact) mass is 285 g/mol. The van der Waals surface area contributed by atoms with E-state index in [1.807, 2.05) is 30.6 Å². The van der Waals surface area contributed by atoms with Crippen LogP contribution in [-0.4, -0.2) is 14.5 Å². The maximum absolute atomic E-state index is 5.93. The Kier molecular flexibility index (Phi) is 3.70. The second-order valence-electron chi connectivity index (χ2n) is 4.79. The maximum atomic E-state index is 5.93. The van der Waals surface area contributed by atoms with Gasteiger partial charge >= 0.3 is 0 Å². The molecule has 0 bridgehead atoms. The van der Waals surface area contributed by atoms with E-state index in [2.05, 4.69) is 28.6 Å². The van der Waals surface area contributed by atoms with E-state index in [0.717, 1.165) is 41.0 Å². The van der Waals surface area contributed by atoms with Crippen LogP contribution in [0.5, 0.6) is 0 Å². The van der Waals surface area contributed by atoms with Crippen molar-refractivity contribution < 1.29 is 0 Å². The summed E-state index contributed by atoms with van der Waals surface area (Å²) in [5, 5.41) is 0. The fourth-order valence-electron chi connectivity index (χ4n) is 2.45. The third-order valence-electron chi connectivity index (χ3n) is 3.34. The highest BCUT2D eigenvalue weighted by Gasteiger charge is 2.12. The summed E-state index contributed by atoms with van der Waals surface area (Å²) >= 11 is 5.93. The standard InChI is InChI=1S/C16H16ClN3/c1-2-8-20-15-6-7-18-11-14(15)19-16(20)13-5-3-4-12(9-13)10-17/h3-7,9,11H,2,8,10H2,1H3. The molecule has 0 N–H and O–H groups in total. The molecular weight excluding hydrogens is 270 g/mol. The Morgan fingerprint density at radius 3 is 2.95 bits per heavy atom. The van der Waals surface area contributed by atoms with Gasteiger partial charge in [-0.05, 0) is 24.1 Å². The zero-order chi connectivity index (χ0) is 13.9. The summed E-state index contributed by atoms with van der Waals surface area (Å²) in [7, 11) is 0. The first-order chi connectivity index (χ1) is 9.83. The summed E-state index contributed by atoms with van der Waals surface area (Å²) < 4.78 is 2.25. The molecule has 0 radical (unpaired) electrons. The van der Waals surface area contributed by atoms with Gasteiger partial charge in [0.1, 0.15) is 11.3 Å². The molecule has 1 aromatic carbocycles. The van der Waals surface area contributed by atoms with E-state index in [4.69, 9.17) is 16.6 Å². The molecule has 0 spiro atoms. The third kappa shape index (κ3) is 2.29. The number of hydrogen-bond donors (Lipinski definition) is 0. The number of rotatable bonds is 4. The summed E-state index contributed by atoms with van der Waals surface area (Å²) in [6.07, 6.45) is 4.70. The van der Waals surface area contributed by atoms with Crippen LogP contribution in [-0.2, 0) is 12.4 Å². The molecule has 0 aliphatic carbocycles. The molecule has 4 heteroatoms. The SMILES string of the molecule is CCCn1c(-c2cccc(CCl)c2)nc2cnccc21. The molecule has 0 unspecified atom stereocenters. The van der Waals surface area contributed by atoms with Crippen molar-refractivity contribution in [3.63, 3.8) is 0 Å². The number of halogens is 1. The first kappa shape index (κ1) is 13.1. The highest BCUT2D eigenvalue weighted by atomic mass is 35.5. The molecule has 2 aromatic heterocycles. The molecule has 3 aromatic rings. The molecule has 0 amide bonds. The van der Waals surface area contributed by atoms with Crippen LogP contribution in [0, 0.1) is 0 Å². The lowest BCUT2D eigenvalue weighted by Crippen LogP contribution is -1.99. The van der Waals surface area contributed by atoms with Gasteiger partial charge in [0.05, 0.1) is 11.7 Å². The smallest absolute Gasteiger partial charge is 0.141 e. The predicted octanol–water partition coefficient (Wildman–Crippen LogP) is 4.25. The second-order valence-corrected chi connectivity index (χ2v) is 5.05. The highest BCUT2D eigenvalue weighted by molar-refractivity contribution is 6.17. The summed E-state index contributed by atoms with van der Waals surface area (Å²) in [6, 6.07) is 10.3. The lowest BCUT2D eigenvalue weighted by molar-refractivity contribution is 0.704. The van der Waals surface area contributed by atoms with E-state index in [1.165, 1.54) is 0 Å². The Hall–Kier alpha value is -1.87. The number of alkyl halides is 1. The van der Waals surface area contributed by atoms with Crippen LogP contribution in [0.25, 0.3) is 22.4 Å². The average molecular weight is 286 g/mol. The van der Waals surface area contributed by atoms with Crippen LogP contribution in [0.3, 0.4) is 0 Å². The molecule has 2 heterocycles. The van der Waals surface area contributed by atoms with Gasteiger partial charge in [-0.2, -0.15) is 0 Å². The van der Waals surface area contributed by atoms with Crippen LogP contribution in [0.2, 0.25) is 0 Å². The van der Waals surface area contributed by atoms with Gasteiger partial charge in [-0.1, -0.05) is 25.1 Å². The van der Waals surface area contributed by atoms with E-state index < -0.39 is 0 Å². The molecule has 0 aliphatic heterocycles. The Morgan fingerprint density at radius 2 is 2.15 bits per heavy atom. The van der Waals surface area contributed by atoms with Gasteiger partial charge in [0.2, 0.25) is 0 Å². The van der Waals surface area contributed by atoms with Gasteiger partial charge in [-0.3, -0.25) is 4.98 Å². The van der Waals surface area contributed by atoms with Crippen LogP contribution in [0.1, 0.15) is 18.9 Å². The Labute approximate surface area is 123 Å². The maximum Gasteiger partial charge on any atom is 0.141 e. The van der Waals surface area contributed by atoms with Crippen LogP contribution in [0.4, 0.5) is 0 Å². The number of pyridine rings is 1. The molecule has 20 heavy (non-hydrogen) atoms. The number of aromatic nitrogens is 3. The Balaban J connectivity index is 2.21. The van der Waals surface area contributed by atoms with E-state index >= 15 is 0 Å². The Bertz CT molecular complexity index is 733. The molecule has 0 saturated heterocycles. The van der Waals surface area contributed by atoms with Gasteiger partial charge in [-0.15, -0.1) is 11.6 Å². The minimum atomic E-state index is 0.517. The summed E-state index contributed by atoms with van der Waals surface area (Å²) in [6.45, 7) is 3.12. The normalized spacial score (nSPS) is 11.1. The third-order valence-corrected chi connectivity index (χ3v) is 3.65. The zero-order valence-electron chi connectivity index (χ0n) is 11.4. The lowest BCUT2D eigenvalue weighted by Gasteiger charge is -2.08. The zero-order valence-corrected chi connectivity index (χ0v) is 12.1. The van der Waals surface area contributed by atoms with E-state index in [1.54, 1.807) is 0 Å². The molecule has 0 saturated carbocycles. The van der Waals surface area contributed by atoms with Crippen molar-refractivity contribution in [1.82, 2.24) is 14.5 Å². The lowest BCUT2D eigenvalue weighted by atomic mass is 10.1. The van der Waals surface area contributed by atoms with E-state index in [0.29, 0.717) is 5.88 Å². The molecule has 0 aliphatic rings. The molecule has 3 rings (SSSR count). The predicted molar refractivity (Wildman–Crippen MR) is 82.8 cm³/mol. The molecular formula is C16H16ClN3. The number of hydrogen-bond acceptors (Lipinski definition) is 2. The Morgan fingerprint density at radius 1 is 1.25 bits per heavy atom. The van der Waals surface area contributed by atoms with Crippen molar-refractivity contribution >= 4 is 22.6 Å². The number of nitrogens with zero attached hydrogens (tertiary/aromatic N) is 3. The summed E-state index contributed by atoms with van der Waals surface area (Å²) in [5.74, 6) is 1.51. The van der Waals surface area contributed by atoms with Crippen molar-refractivity contribution in [2.75, 3.05) is 0 Å². The van der Waals surface area contributed by atoms with Gasteiger partial charge < -0.3 is 4.57 Å². The average Bonchev–Trinajstić information content (AvgIpc) is 2.87. The molecule has 0 atom stereocenters. The van der Waals surface area contributed by atoms with Crippen molar-refractivity contribution in [2.24, 2.45) is 0 Å². The van der Waals surface area contributed by atoms with Gasteiger partial charge in [0, 0.05) is 24.2 Å². The van der Waals surface area contributed by atoms with Gasteiger partial charge in [0.25, 0.3) is 0 Å². The van der Waals surface area contributed by atoms with E-state index in [9.17, 15) is 0 Å². The molecule has 102 valence electrons. The van der Waals surface area contributed by atoms with Crippen LogP contribution in [0.15, 0.2) is 42.7 Å². The number of imidazole rings is 1. The van der Waals surface area contributed by atoms with E-state index in [-0.39, 0.29) is 0 Å². The minimum Gasteiger partial charge on any atom is -0.324 e. The number of fused-ring (bicyclic) bond motifs is 1. The van der Waals surface area contributed by atoms with Gasteiger partial charge in [-0.25, -0.2) is 4.98 Å². The minimum absolute atomic E-state index is 0.517. The van der Waals surface area contributed by atoms with Crippen molar-refractivity contribution in [3.8, 4) is 11.4 Å². The molecule has 0 fully saturated rings. The highest BCUT2D eigenvalue weighted by Crippen LogP contribution is 2.25. The molecule has 3 nitrogen and oxygen atoms in total. The second kappa shape index (κ2) is 5.63. The van der Waals surface area contributed by atoms with Gasteiger partial charge in [0.15, 0.2) is 0 Å². The summed E-state index contributed by atoms with van der Waals surface area (Å²) in [4.78, 5) is 8.89. The first-order valence-corrected chi connectivity index (χ1v) is 7.32. The fraction of sp³-hybridized carbons (Fsp3) is 0.250. The largest absolute Gasteiger partial charge is 0.324 e. The first-order valence-electron chi connectivity index (χ1n) is 6.79. The van der Waals surface area contributed by atoms with Crippen molar-refractivity contribution in [3.05, 3.63) is 48.3 Å². The van der Waals surface area contributed by atoms with Crippen molar-refractivity contribution in [2.45, 2.75) is 25.8 Å². The quantitative estimate of drug-likeness (QED) is 0.671. The number of benzene rings is 1. The topological polar surface area (TPSA) is 30.7 Å². The fourth-order valence-corrected chi connectivity index (χ4v) is 2.61.